The van der Waals surface area contributed by atoms with E-state index in [1.165, 1.54) is 5.69 Å². The average Bonchev–Trinajstić information content (AvgIpc) is 2.38. The molecule has 0 radical (unpaired) electrons. The zero-order chi connectivity index (χ0) is 11.8. The van der Waals surface area contributed by atoms with Gasteiger partial charge in [-0.15, -0.1) is 0 Å². The first-order valence-electron chi connectivity index (χ1n) is 6.45. The van der Waals surface area contributed by atoms with E-state index in [2.05, 4.69) is 40.0 Å². The summed E-state index contributed by atoms with van der Waals surface area (Å²) in [5.74, 6) is 1.13. The Kier molecular flexibility index (Phi) is 2.67. The topological polar surface area (TPSA) is 31.4 Å². The van der Waals surface area contributed by atoms with Crippen LogP contribution in [0.15, 0.2) is 18.3 Å². The molecule has 4 heteroatoms. The number of anilines is 2. The Morgan fingerprint density at radius 2 is 2.29 bits per heavy atom. The minimum absolute atomic E-state index is 0.563. The Morgan fingerprint density at radius 1 is 1.41 bits per heavy atom. The average molecular weight is 232 g/mol. The van der Waals surface area contributed by atoms with Crippen molar-refractivity contribution in [2.75, 3.05) is 36.4 Å². The molecule has 0 spiro atoms. The van der Waals surface area contributed by atoms with Gasteiger partial charge in [-0.3, -0.25) is 4.90 Å². The highest BCUT2D eigenvalue weighted by Gasteiger charge is 2.32. The molecule has 3 heterocycles. The highest BCUT2D eigenvalue weighted by molar-refractivity contribution is 5.68. The predicted molar refractivity (Wildman–Crippen MR) is 70.6 cm³/mol. The Morgan fingerprint density at radius 3 is 3.12 bits per heavy atom. The van der Waals surface area contributed by atoms with Gasteiger partial charge in [0.15, 0.2) is 5.82 Å². The fourth-order valence-corrected chi connectivity index (χ4v) is 2.79. The number of rotatable bonds is 1. The van der Waals surface area contributed by atoms with Crippen molar-refractivity contribution in [2.45, 2.75) is 25.9 Å². The first-order valence-corrected chi connectivity index (χ1v) is 6.45. The van der Waals surface area contributed by atoms with E-state index >= 15 is 0 Å². The second-order valence-electron chi connectivity index (χ2n) is 5.19. The summed E-state index contributed by atoms with van der Waals surface area (Å²) in [5.41, 5.74) is 1.18. The number of piperazine rings is 1. The van der Waals surface area contributed by atoms with Gasteiger partial charge in [0.1, 0.15) is 0 Å². The van der Waals surface area contributed by atoms with Gasteiger partial charge in [-0.2, -0.15) is 0 Å². The summed E-state index contributed by atoms with van der Waals surface area (Å²) in [6.45, 7) is 8.96. The number of nitrogens with zero attached hydrogens (tertiary/aromatic N) is 3. The largest absolute Gasteiger partial charge is 0.380 e. The zero-order valence-electron chi connectivity index (χ0n) is 10.6. The number of pyridine rings is 1. The van der Waals surface area contributed by atoms with Crippen LogP contribution in [0.2, 0.25) is 0 Å². The molecule has 0 aromatic carbocycles. The van der Waals surface area contributed by atoms with Gasteiger partial charge in [-0.05, 0) is 26.0 Å². The predicted octanol–water partition coefficient (Wildman–Crippen LogP) is 1.41. The van der Waals surface area contributed by atoms with Crippen molar-refractivity contribution in [2.24, 2.45) is 0 Å². The Balaban J connectivity index is 1.83. The summed E-state index contributed by atoms with van der Waals surface area (Å²) < 4.78 is 0. The Bertz CT molecular complexity index is 404. The Labute approximate surface area is 103 Å². The lowest BCUT2D eigenvalue weighted by atomic mass is 10.1. The number of hydrogen-bond donors (Lipinski definition) is 1. The first kappa shape index (κ1) is 10.8. The fourth-order valence-electron chi connectivity index (χ4n) is 2.79. The highest BCUT2D eigenvalue weighted by Crippen LogP contribution is 2.30. The molecule has 3 rings (SSSR count). The van der Waals surface area contributed by atoms with Gasteiger partial charge < -0.3 is 10.2 Å². The molecule has 1 unspecified atom stereocenters. The van der Waals surface area contributed by atoms with E-state index in [9.17, 15) is 0 Å². The van der Waals surface area contributed by atoms with Gasteiger partial charge in [0, 0.05) is 38.4 Å². The molecule has 1 N–H and O–H groups in total. The highest BCUT2D eigenvalue weighted by atomic mass is 15.3. The van der Waals surface area contributed by atoms with Crippen molar-refractivity contribution in [3.63, 3.8) is 0 Å². The van der Waals surface area contributed by atoms with Gasteiger partial charge in [0.25, 0.3) is 0 Å². The molecule has 92 valence electrons. The van der Waals surface area contributed by atoms with E-state index in [-0.39, 0.29) is 0 Å². The second-order valence-corrected chi connectivity index (χ2v) is 5.19. The van der Waals surface area contributed by atoms with Crippen molar-refractivity contribution in [3.05, 3.63) is 18.3 Å². The lowest BCUT2D eigenvalue weighted by Crippen LogP contribution is -2.59. The molecule has 1 aromatic heterocycles. The van der Waals surface area contributed by atoms with E-state index < -0.39 is 0 Å². The number of fused-ring (bicyclic) bond motifs is 3. The van der Waals surface area contributed by atoms with Crippen LogP contribution in [0.1, 0.15) is 13.8 Å². The summed E-state index contributed by atoms with van der Waals surface area (Å²) in [4.78, 5) is 9.53. The molecule has 2 aliphatic rings. The Hall–Kier alpha value is -1.29. The van der Waals surface area contributed by atoms with Gasteiger partial charge in [-0.1, -0.05) is 0 Å². The number of nitrogens with one attached hydrogen (secondary N) is 1. The van der Waals surface area contributed by atoms with Crippen LogP contribution in [0, 0.1) is 0 Å². The normalized spacial score (nSPS) is 24.2. The molecular formula is C13H20N4. The molecule has 2 aliphatic heterocycles. The quantitative estimate of drug-likeness (QED) is 0.793. The molecule has 1 atom stereocenters. The van der Waals surface area contributed by atoms with Gasteiger partial charge in [0.05, 0.1) is 11.7 Å². The zero-order valence-corrected chi connectivity index (χ0v) is 10.6. The van der Waals surface area contributed by atoms with Gasteiger partial charge in [-0.25, -0.2) is 4.98 Å². The van der Waals surface area contributed by atoms with Crippen LogP contribution < -0.4 is 10.2 Å². The first-order chi connectivity index (χ1) is 8.25. The number of aromatic nitrogens is 1. The minimum atomic E-state index is 0.563. The van der Waals surface area contributed by atoms with Crippen molar-refractivity contribution < 1.29 is 0 Å². The van der Waals surface area contributed by atoms with E-state index in [1.807, 2.05) is 12.3 Å². The van der Waals surface area contributed by atoms with Crippen LogP contribution in [0.3, 0.4) is 0 Å². The molecule has 1 aromatic rings. The fraction of sp³-hybridized carbons (Fsp3) is 0.615. The molecule has 17 heavy (non-hydrogen) atoms. The molecule has 1 fully saturated rings. The SMILES string of the molecule is CC(C)N1CCN2c3ncccc3NCC2C1. The smallest absolute Gasteiger partial charge is 0.152 e. The van der Waals surface area contributed by atoms with Crippen LogP contribution in [-0.4, -0.2) is 48.1 Å². The van der Waals surface area contributed by atoms with Gasteiger partial charge >= 0.3 is 0 Å². The lowest BCUT2D eigenvalue weighted by molar-refractivity contribution is 0.182. The summed E-state index contributed by atoms with van der Waals surface area (Å²) >= 11 is 0. The van der Waals surface area contributed by atoms with Crippen LogP contribution >= 0.6 is 0 Å². The standard InChI is InChI=1S/C13H20N4/c1-10(2)16-6-7-17-11(9-16)8-15-12-4-3-5-14-13(12)17/h3-5,10-11,15H,6-9H2,1-2H3. The summed E-state index contributed by atoms with van der Waals surface area (Å²) in [6.07, 6.45) is 1.89. The van der Waals surface area contributed by atoms with Crippen LogP contribution in [0.25, 0.3) is 0 Å². The van der Waals surface area contributed by atoms with Crippen molar-refractivity contribution in [3.8, 4) is 0 Å². The molecule has 0 aliphatic carbocycles. The summed E-state index contributed by atoms with van der Waals surface area (Å²) in [5, 5.41) is 3.49. The van der Waals surface area contributed by atoms with Gasteiger partial charge in [0.2, 0.25) is 0 Å². The minimum Gasteiger partial charge on any atom is -0.380 e. The van der Waals surface area contributed by atoms with E-state index in [4.69, 9.17) is 0 Å². The molecule has 4 nitrogen and oxygen atoms in total. The molecule has 1 saturated heterocycles. The maximum atomic E-state index is 4.52. The van der Waals surface area contributed by atoms with E-state index in [0.29, 0.717) is 12.1 Å². The maximum Gasteiger partial charge on any atom is 0.152 e. The van der Waals surface area contributed by atoms with Crippen LogP contribution in [0.4, 0.5) is 11.5 Å². The summed E-state index contributed by atoms with van der Waals surface area (Å²) in [6, 6.07) is 5.32. The van der Waals surface area contributed by atoms with E-state index in [1.54, 1.807) is 0 Å². The third-order valence-corrected chi connectivity index (χ3v) is 3.83. The third kappa shape index (κ3) is 1.86. The van der Waals surface area contributed by atoms with Crippen molar-refractivity contribution >= 4 is 11.5 Å². The maximum absolute atomic E-state index is 4.52. The molecule has 0 bridgehead atoms. The lowest BCUT2D eigenvalue weighted by Gasteiger charge is -2.46. The van der Waals surface area contributed by atoms with Crippen LogP contribution in [-0.2, 0) is 0 Å². The number of hydrogen-bond acceptors (Lipinski definition) is 4. The monoisotopic (exact) mass is 232 g/mol. The van der Waals surface area contributed by atoms with Crippen molar-refractivity contribution in [1.29, 1.82) is 0 Å². The summed E-state index contributed by atoms with van der Waals surface area (Å²) in [7, 11) is 0. The molecule has 0 amide bonds. The van der Waals surface area contributed by atoms with E-state index in [0.717, 1.165) is 32.0 Å². The van der Waals surface area contributed by atoms with Crippen LogP contribution in [0.5, 0.6) is 0 Å². The third-order valence-electron chi connectivity index (χ3n) is 3.83. The second kappa shape index (κ2) is 4.18. The molecular weight excluding hydrogens is 212 g/mol. The molecule has 0 saturated carbocycles. The van der Waals surface area contributed by atoms with Crippen molar-refractivity contribution in [1.82, 2.24) is 9.88 Å².